The quantitative estimate of drug-likeness (QED) is 0.359. The maximum atomic E-state index is 13.2. The first-order valence-electron chi connectivity index (χ1n) is 12.8. The maximum Gasteiger partial charge on any atom is 0.317 e. The highest BCUT2D eigenvalue weighted by molar-refractivity contribution is 5.74. The Morgan fingerprint density at radius 3 is 1.39 bits per heavy atom. The van der Waals surface area contributed by atoms with Gasteiger partial charge in [-0.1, -0.05) is 121 Å². The van der Waals surface area contributed by atoms with Gasteiger partial charge in [0.2, 0.25) is 0 Å². The van der Waals surface area contributed by atoms with Crippen LogP contribution in [-0.2, 0) is 0 Å². The molecule has 2 amide bonds. The molecule has 0 saturated carbocycles. The number of amides is 2. The van der Waals surface area contributed by atoms with E-state index in [-0.39, 0.29) is 18.0 Å². The van der Waals surface area contributed by atoms with Crippen LogP contribution >= 0.6 is 0 Å². The van der Waals surface area contributed by atoms with Crippen LogP contribution in [0.5, 0.6) is 0 Å². The summed E-state index contributed by atoms with van der Waals surface area (Å²) in [6.45, 7) is 3.67. The highest BCUT2D eigenvalue weighted by atomic mass is 16.2. The summed E-state index contributed by atoms with van der Waals surface area (Å²) in [5.74, 6) is 0.123. The number of hydrogen-bond acceptors (Lipinski definition) is 2. The fraction of sp³-hybridized carbons (Fsp3) is 0.219. The second-order valence-corrected chi connectivity index (χ2v) is 9.31. The molecule has 4 aromatic rings. The van der Waals surface area contributed by atoms with Crippen LogP contribution in [0.1, 0.15) is 34.2 Å². The number of carbonyl (C=O) groups excluding carboxylic acids is 1. The van der Waals surface area contributed by atoms with Gasteiger partial charge in [-0.2, -0.15) is 0 Å². The summed E-state index contributed by atoms with van der Waals surface area (Å²) >= 11 is 0. The Bertz CT molecular complexity index is 1130. The van der Waals surface area contributed by atoms with E-state index >= 15 is 0 Å². The number of benzene rings is 4. The molecule has 0 radical (unpaired) electrons. The van der Waals surface area contributed by atoms with Crippen molar-refractivity contribution in [3.05, 3.63) is 144 Å². The predicted octanol–water partition coefficient (Wildman–Crippen LogP) is 5.94. The lowest BCUT2D eigenvalue weighted by Gasteiger charge is -2.39. The highest BCUT2D eigenvalue weighted by Gasteiger charge is 2.28. The van der Waals surface area contributed by atoms with Crippen LogP contribution in [0, 0.1) is 0 Å². The van der Waals surface area contributed by atoms with Crippen molar-refractivity contribution in [1.82, 2.24) is 15.1 Å². The second kappa shape index (κ2) is 11.7. The minimum atomic E-state index is 0.0162. The fourth-order valence-electron chi connectivity index (χ4n) is 5.17. The van der Waals surface area contributed by atoms with E-state index in [0.29, 0.717) is 19.6 Å². The van der Waals surface area contributed by atoms with E-state index in [1.165, 1.54) is 22.3 Å². The van der Waals surface area contributed by atoms with Crippen molar-refractivity contribution in [3.63, 3.8) is 0 Å². The monoisotopic (exact) mass is 475 g/mol. The zero-order valence-corrected chi connectivity index (χ0v) is 20.5. The summed E-state index contributed by atoms with van der Waals surface area (Å²) in [6.07, 6.45) is 0. The molecule has 1 saturated heterocycles. The molecule has 0 bridgehead atoms. The molecule has 182 valence electrons. The molecule has 0 unspecified atom stereocenters. The highest BCUT2D eigenvalue weighted by Crippen LogP contribution is 2.29. The number of nitrogens with zero attached hydrogens (tertiary/aromatic N) is 2. The maximum absolute atomic E-state index is 13.2. The van der Waals surface area contributed by atoms with E-state index in [1.807, 2.05) is 17.0 Å². The molecule has 0 aromatic heterocycles. The van der Waals surface area contributed by atoms with Crippen LogP contribution in [0.3, 0.4) is 0 Å². The molecule has 5 rings (SSSR count). The van der Waals surface area contributed by atoms with Gasteiger partial charge in [0, 0.05) is 38.6 Å². The number of rotatable bonds is 7. The van der Waals surface area contributed by atoms with Crippen LogP contribution in [0.2, 0.25) is 0 Å². The van der Waals surface area contributed by atoms with Gasteiger partial charge in [0.05, 0.1) is 6.04 Å². The summed E-state index contributed by atoms with van der Waals surface area (Å²) in [5, 5.41) is 3.23. The molecule has 4 aromatic carbocycles. The van der Waals surface area contributed by atoms with Crippen molar-refractivity contribution < 1.29 is 4.79 Å². The Kier molecular flexibility index (Phi) is 7.74. The standard InChI is InChI=1S/C32H33N3O/c36-32(33-25-30(26-13-5-1-6-14-26)27-15-7-2-8-16-27)35-23-21-34(22-24-35)31(28-17-9-3-10-18-28)29-19-11-4-12-20-29/h1-20,30-31H,21-25H2,(H,33,36). The molecular formula is C32H33N3O. The molecule has 1 aliphatic rings. The van der Waals surface area contributed by atoms with Gasteiger partial charge in [0.15, 0.2) is 0 Å². The van der Waals surface area contributed by atoms with E-state index in [4.69, 9.17) is 0 Å². The molecule has 4 heteroatoms. The van der Waals surface area contributed by atoms with Gasteiger partial charge in [0.25, 0.3) is 0 Å². The van der Waals surface area contributed by atoms with E-state index in [2.05, 4.69) is 119 Å². The lowest BCUT2D eigenvalue weighted by molar-refractivity contribution is 0.120. The number of hydrogen-bond donors (Lipinski definition) is 1. The van der Waals surface area contributed by atoms with Crippen molar-refractivity contribution in [2.45, 2.75) is 12.0 Å². The third-order valence-electron chi connectivity index (χ3n) is 7.06. The average molecular weight is 476 g/mol. The molecular weight excluding hydrogens is 442 g/mol. The van der Waals surface area contributed by atoms with E-state index in [9.17, 15) is 4.79 Å². The van der Waals surface area contributed by atoms with E-state index in [1.54, 1.807) is 0 Å². The molecule has 36 heavy (non-hydrogen) atoms. The Labute approximate surface area is 214 Å². The van der Waals surface area contributed by atoms with Gasteiger partial charge in [-0.05, 0) is 22.3 Å². The van der Waals surface area contributed by atoms with Gasteiger partial charge in [0.1, 0.15) is 0 Å². The molecule has 0 aliphatic carbocycles. The van der Waals surface area contributed by atoms with Crippen LogP contribution in [0.15, 0.2) is 121 Å². The Balaban J connectivity index is 1.24. The molecule has 0 spiro atoms. The van der Waals surface area contributed by atoms with Crippen LogP contribution in [0.25, 0.3) is 0 Å². The first-order chi connectivity index (χ1) is 17.8. The third-order valence-corrected chi connectivity index (χ3v) is 7.06. The van der Waals surface area contributed by atoms with Crippen LogP contribution < -0.4 is 5.32 Å². The first kappa shape index (κ1) is 23.8. The zero-order chi connectivity index (χ0) is 24.6. The molecule has 1 aliphatic heterocycles. The van der Waals surface area contributed by atoms with Crippen LogP contribution in [-0.4, -0.2) is 48.6 Å². The Hall–Kier alpha value is -3.89. The molecule has 1 heterocycles. The normalized spacial score (nSPS) is 14.2. The summed E-state index contributed by atoms with van der Waals surface area (Å²) in [4.78, 5) is 17.6. The van der Waals surface area contributed by atoms with Gasteiger partial charge in [-0.3, -0.25) is 4.90 Å². The second-order valence-electron chi connectivity index (χ2n) is 9.31. The minimum absolute atomic E-state index is 0.0162. The number of nitrogens with one attached hydrogen (secondary N) is 1. The van der Waals surface area contributed by atoms with Crippen molar-refractivity contribution in [2.75, 3.05) is 32.7 Å². The summed E-state index contributed by atoms with van der Waals surface area (Å²) in [7, 11) is 0. The molecule has 1 N–H and O–H groups in total. The summed E-state index contributed by atoms with van der Waals surface area (Å²) < 4.78 is 0. The van der Waals surface area contributed by atoms with Crippen molar-refractivity contribution in [1.29, 1.82) is 0 Å². The lowest BCUT2D eigenvalue weighted by atomic mass is 9.91. The Morgan fingerprint density at radius 2 is 0.972 bits per heavy atom. The van der Waals surface area contributed by atoms with Gasteiger partial charge in [-0.15, -0.1) is 0 Å². The average Bonchev–Trinajstić information content (AvgIpc) is 2.96. The Morgan fingerprint density at radius 1 is 0.583 bits per heavy atom. The summed E-state index contributed by atoms with van der Waals surface area (Å²) in [5.41, 5.74) is 5.00. The predicted molar refractivity (Wildman–Crippen MR) is 146 cm³/mol. The molecule has 0 atom stereocenters. The molecule has 1 fully saturated rings. The summed E-state index contributed by atoms with van der Waals surface area (Å²) in [6, 6.07) is 42.4. The van der Waals surface area contributed by atoms with Gasteiger partial charge < -0.3 is 10.2 Å². The number of urea groups is 1. The SMILES string of the molecule is O=C(NCC(c1ccccc1)c1ccccc1)N1CCN(C(c2ccccc2)c2ccccc2)CC1. The van der Waals surface area contributed by atoms with Gasteiger partial charge in [-0.25, -0.2) is 4.79 Å². The molecule has 4 nitrogen and oxygen atoms in total. The first-order valence-corrected chi connectivity index (χ1v) is 12.8. The zero-order valence-electron chi connectivity index (χ0n) is 20.5. The third kappa shape index (κ3) is 5.67. The topological polar surface area (TPSA) is 35.6 Å². The van der Waals surface area contributed by atoms with E-state index in [0.717, 1.165) is 13.1 Å². The van der Waals surface area contributed by atoms with E-state index < -0.39 is 0 Å². The van der Waals surface area contributed by atoms with Crippen LogP contribution in [0.4, 0.5) is 4.79 Å². The smallest absolute Gasteiger partial charge is 0.317 e. The fourth-order valence-corrected chi connectivity index (χ4v) is 5.17. The number of carbonyl (C=O) groups is 1. The lowest BCUT2D eigenvalue weighted by Crippen LogP contribution is -2.53. The minimum Gasteiger partial charge on any atom is -0.337 e. The van der Waals surface area contributed by atoms with Crippen molar-refractivity contribution >= 4 is 6.03 Å². The van der Waals surface area contributed by atoms with Crippen molar-refractivity contribution in [3.8, 4) is 0 Å². The van der Waals surface area contributed by atoms with Crippen molar-refractivity contribution in [2.24, 2.45) is 0 Å². The largest absolute Gasteiger partial charge is 0.337 e. The number of piperazine rings is 1. The van der Waals surface area contributed by atoms with Gasteiger partial charge >= 0.3 is 6.03 Å².